The lowest BCUT2D eigenvalue weighted by atomic mass is 9.76. The van der Waals surface area contributed by atoms with E-state index in [4.69, 9.17) is 5.73 Å². The van der Waals surface area contributed by atoms with Crippen molar-refractivity contribution in [3.05, 3.63) is 0 Å². The van der Waals surface area contributed by atoms with Crippen LogP contribution in [0.3, 0.4) is 0 Å². The molecule has 0 aliphatic heterocycles. The van der Waals surface area contributed by atoms with Gasteiger partial charge in [-0.3, -0.25) is 4.79 Å². The van der Waals surface area contributed by atoms with Gasteiger partial charge in [0.15, 0.2) is 0 Å². The molecule has 0 aromatic heterocycles. The normalized spacial score (nSPS) is 33.9. The van der Waals surface area contributed by atoms with Crippen LogP contribution in [0.15, 0.2) is 0 Å². The number of nitrogens with two attached hydrogens (primary N) is 1. The van der Waals surface area contributed by atoms with E-state index in [0.29, 0.717) is 31.6 Å². The van der Waals surface area contributed by atoms with Gasteiger partial charge >= 0.3 is 5.97 Å². The van der Waals surface area contributed by atoms with Gasteiger partial charge in [-0.25, -0.2) is 4.79 Å². The Bertz CT molecular complexity index is 377. The second-order valence-corrected chi connectivity index (χ2v) is 6.41. The van der Waals surface area contributed by atoms with Gasteiger partial charge in [0.25, 0.3) is 0 Å². The second kappa shape index (κ2) is 5.12. The van der Waals surface area contributed by atoms with E-state index in [0.717, 1.165) is 25.7 Å². The Balaban J connectivity index is 2.09. The number of hydrogen-bond donors (Lipinski definition) is 3. The molecule has 0 spiro atoms. The molecule has 4 N–H and O–H groups in total. The SMILES string of the molecule is CC1CCCC(N)(C(=O)NC2(C(=O)O)CCCC2)C1. The van der Waals surface area contributed by atoms with E-state index in [1.54, 1.807) is 0 Å². The summed E-state index contributed by atoms with van der Waals surface area (Å²) in [5.74, 6) is -0.775. The lowest BCUT2D eigenvalue weighted by molar-refractivity contribution is -0.148. The molecule has 0 aromatic rings. The summed E-state index contributed by atoms with van der Waals surface area (Å²) in [5.41, 5.74) is 4.26. The van der Waals surface area contributed by atoms with Crippen LogP contribution in [0.2, 0.25) is 0 Å². The maximum Gasteiger partial charge on any atom is 0.329 e. The van der Waals surface area contributed by atoms with E-state index in [2.05, 4.69) is 12.2 Å². The third-order valence-corrected chi connectivity index (χ3v) is 4.70. The number of amides is 1. The first-order valence-electron chi connectivity index (χ1n) is 7.23. The molecular weight excluding hydrogens is 244 g/mol. The first-order valence-corrected chi connectivity index (χ1v) is 7.23. The molecule has 5 nitrogen and oxygen atoms in total. The van der Waals surface area contributed by atoms with Crippen LogP contribution in [0.25, 0.3) is 0 Å². The molecule has 19 heavy (non-hydrogen) atoms. The maximum atomic E-state index is 12.4. The summed E-state index contributed by atoms with van der Waals surface area (Å²) in [6, 6.07) is 0. The lowest BCUT2D eigenvalue weighted by Crippen LogP contribution is -2.63. The minimum Gasteiger partial charge on any atom is -0.480 e. The molecule has 0 saturated heterocycles. The Kier molecular flexibility index (Phi) is 3.85. The third kappa shape index (κ3) is 2.76. The first-order chi connectivity index (χ1) is 8.88. The number of carboxylic acids is 1. The summed E-state index contributed by atoms with van der Waals surface area (Å²) >= 11 is 0. The Morgan fingerprint density at radius 3 is 2.37 bits per heavy atom. The highest BCUT2D eigenvalue weighted by molar-refractivity contribution is 5.92. The number of carbonyl (C=O) groups is 2. The molecule has 2 unspecified atom stereocenters. The van der Waals surface area contributed by atoms with Crippen molar-refractivity contribution in [3.8, 4) is 0 Å². The van der Waals surface area contributed by atoms with Gasteiger partial charge in [-0.15, -0.1) is 0 Å². The van der Waals surface area contributed by atoms with Crippen LogP contribution in [0, 0.1) is 5.92 Å². The van der Waals surface area contributed by atoms with Crippen LogP contribution >= 0.6 is 0 Å². The minimum atomic E-state index is -1.08. The fourth-order valence-electron chi connectivity index (χ4n) is 3.51. The molecule has 1 amide bonds. The maximum absolute atomic E-state index is 12.4. The standard InChI is InChI=1S/C14H24N2O3/c1-10-5-4-6-13(15,9-10)11(17)16-14(12(18)19)7-2-3-8-14/h10H,2-9,15H2,1H3,(H,16,17)(H,18,19). The van der Waals surface area contributed by atoms with Gasteiger partial charge in [0, 0.05) is 0 Å². The molecule has 0 heterocycles. The van der Waals surface area contributed by atoms with Crippen LogP contribution in [-0.4, -0.2) is 28.1 Å². The van der Waals surface area contributed by atoms with E-state index in [1.807, 2.05) is 0 Å². The number of carbonyl (C=O) groups excluding carboxylic acids is 1. The third-order valence-electron chi connectivity index (χ3n) is 4.70. The Morgan fingerprint density at radius 2 is 1.84 bits per heavy atom. The Hall–Kier alpha value is -1.10. The molecule has 2 atom stereocenters. The van der Waals surface area contributed by atoms with Crippen molar-refractivity contribution in [2.45, 2.75) is 69.4 Å². The van der Waals surface area contributed by atoms with Crippen LogP contribution in [0.4, 0.5) is 0 Å². The van der Waals surface area contributed by atoms with E-state index in [1.165, 1.54) is 0 Å². The van der Waals surface area contributed by atoms with Crippen molar-refractivity contribution >= 4 is 11.9 Å². The smallest absolute Gasteiger partial charge is 0.329 e. The fraction of sp³-hybridized carbons (Fsp3) is 0.857. The van der Waals surface area contributed by atoms with Gasteiger partial charge in [0.1, 0.15) is 5.54 Å². The van der Waals surface area contributed by atoms with Crippen LogP contribution < -0.4 is 11.1 Å². The minimum absolute atomic E-state index is 0.275. The van der Waals surface area contributed by atoms with Crippen molar-refractivity contribution in [3.63, 3.8) is 0 Å². The zero-order valence-electron chi connectivity index (χ0n) is 11.6. The van der Waals surface area contributed by atoms with Crippen molar-refractivity contribution in [2.24, 2.45) is 11.7 Å². The van der Waals surface area contributed by atoms with E-state index in [-0.39, 0.29) is 5.91 Å². The highest BCUT2D eigenvalue weighted by atomic mass is 16.4. The summed E-state index contributed by atoms with van der Waals surface area (Å²) in [4.78, 5) is 23.9. The monoisotopic (exact) mass is 268 g/mol. The van der Waals surface area contributed by atoms with Crippen molar-refractivity contribution < 1.29 is 14.7 Å². The number of hydrogen-bond acceptors (Lipinski definition) is 3. The second-order valence-electron chi connectivity index (χ2n) is 6.41. The van der Waals surface area contributed by atoms with Crippen molar-refractivity contribution in [2.75, 3.05) is 0 Å². The molecule has 2 fully saturated rings. The zero-order chi connectivity index (χ0) is 14.1. The van der Waals surface area contributed by atoms with Gasteiger partial charge in [0.2, 0.25) is 5.91 Å². The average Bonchev–Trinajstić information content (AvgIpc) is 2.78. The van der Waals surface area contributed by atoms with Crippen LogP contribution in [0.1, 0.15) is 58.3 Å². The Morgan fingerprint density at radius 1 is 1.21 bits per heavy atom. The summed E-state index contributed by atoms with van der Waals surface area (Å²) in [6.07, 6.45) is 6.05. The average molecular weight is 268 g/mol. The molecule has 0 bridgehead atoms. The van der Waals surface area contributed by atoms with Crippen LogP contribution in [-0.2, 0) is 9.59 Å². The number of aliphatic carboxylic acids is 1. The molecule has 5 heteroatoms. The Labute approximate surface area is 113 Å². The molecular formula is C14H24N2O3. The predicted molar refractivity (Wildman–Crippen MR) is 71.5 cm³/mol. The summed E-state index contributed by atoms with van der Waals surface area (Å²) in [5, 5.41) is 12.2. The quantitative estimate of drug-likeness (QED) is 0.721. The number of nitrogens with one attached hydrogen (secondary N) is 1. The van der Waals surface area contributed by atoms with Crippen LogP contribution in [0.5, 0.6) is 0 Å². The molecule has 2 aliphatic rings. The fourth-order valence-corrected chi connectivity index (χ4v) is 3.51. The predicted octanol–water partition coefficient (Wildman–Crippen LogP) is 1.41. The van der Waals surface area contributed by atoms with Gasteiger partial charge in [-0.2, -0.15) is 0 Å². The lowest BCUT2D eigenvalue weighted by Gasteiger charge is -2.38. The highest BCUT2D eigenvalue weighted by Crippen LogP contribution is 2.34. The number of rotatable bonds is 3. The van der Waals surface area contributed by atoms with Gasteiger partial charge in [-0.05, 0) is 31.6 Å². The molecule has 108 valence electrons. The largest absolute Gasteiger partial charge is 0.480 e. The summed E-state index contributed by atoms with van der Waals surface area (Å²) in [7, 11) is 0. The zero-order valence-corrected chi connectivity index (χ0v) is 11.6. The molecule has 2 saturated carbocycles. The van der Waals surface area contributed by atoms with E-state index < -0.39 is 17.0 Å². The van der Waals surface area contributed by atoms with Crippen molar-refractivity contribution in [1.82, 2.24) is 5.32 Å². The van der Waals surface area contributed by atoms with Gasteiger partial charge in [-0.1, -0.05) is 32.6 Å². The van der Waals surface area contributed by atoms with Gasteiger partial charge < -0.3 is 16.2 Å². The molecule has 0 radical (unpaired) electrons. The van der Waals surface area contributed by atoms with Gasteiger partial charge in [0.05, 0.1) is 5.54 Å². The molecule has 2 rings (SSSR count). The highest BCUT2D eigenvalue weighted by Gasteiger charge is 2.47. The van der Waals surface area contributed by atoms with E-state index >= 15 is 0 Å². The summed E-state index contributed by atoms with van der Waals surface area (Å²) in [6.45, 7) is 2.09. The molecule has 2 aliphatic carbocycles. The summed E-state index contributed by atoms with van der Waals surface area (Å²) < 4.78 is 0. The molecule has 0 aromatic carbocycles. The van der Waals surface area contributed by atoms with Crippen molar-refractivity contribution in [1.29, 1.82) is 0 Å². The first kappa shape index (κ1) is 14.3. The van der Waals surface area contributed by atoms with E-state index in [9.17, 15) is 14.7 Å². The topological polar surface area (TPSA) is 92.4 Å². The number of carboxylic acid groups (broad SMARTS) is 1.